The topological polar surface area (TPSA) is 72.7 Å². The summed E-state index contributed by atoms with van der Waals surface area (Å²) in [5.41, 5.74) is 2.27. The number of aryl methyl sites for hydroxylation is 1. The lowest BCUT2D eigenvalue weighted by atomic mass is 10.1. The Balaban J connectivity index is 1.73. The number of benzene rings is 2. The number of aromatic nitrogens is 4. The van der Waals surface area contributed by atoms with Crippen molar-refractivity contribution < 1.29 is 4.79 Å². The number of tetrazole rings is 1. The van der Waals surface area contributed by atoms with Gasteiger partial charge in [0.1, 0.15) is 6.54 Å². The number of para-hydroxylation sites is 1. The Bertz CT molecular complexity index is 873. The van der Waals surface area contributed by atoms with Gasteiger partial charge < -0.3 is 5.32 Å². The Kier molecular flexibility index (Phi) is 4.78. The van der Waals surface area contributed by atoms with E-state index in [0.717, 1.165) is 11.1 Å². The minimum absolute atomic E-state index is 0.0968. The van der Waals surface area contributed by atoms with Gasteiger partial charge in [0.25, 0.3) is 0 Å². The molecule has 24 heavy (non-hydrogen) atoms. The summed E-state index contributed by atoms with van der Waals surface area (Å²) in [6.45, 7) is 1.86. The van der Waals surface area contributed by atoms with Crippen molar-refractivity contribution >= 4 is 34.8 Å². The van der Waals surface area contributed by atoms with E-state index in [0.29, 0.717) is 21.6 Å². The molecule has 0 saturated heterocycles. The van der Waals surface area contributed by atoms with Crippen molar-refractivity contribution in [1.82, 2.24) is 20.2 Å². The summed E-state index contributed by atoms with van der Waals surface area (Å²) in [6.07, 6.45) is 0. The highest BCUT2D eigenvalue weighted by Gasteiger charge is 2.13. The van der Waals surface area contributed by atoms with Crippen LogP contribution in [0.2, 0.25) is 10.0 Å². The van der Waals surface area contributed by atoms with Gasteiger partial charge in [-0.2, -0.15) is 4.80 Å². The number of nitrogens with zero attached hydrogens (tertiary/aromatic N) is 4. The van der Waals surface area contributed by atoms with Crippen LogP contribution in [0.25, 0.3) is 11.4 Å². The molecule has 0 spiro atoms. The van der Waals surface area contributed by atoms with Crippen molar-refractivity contribution in [2.45, 2.75) is 13.5 Å². The normalized spacial score (nSPS) is 10.6. The molecule has 0 unspecified atom stereocenters. The molecule has 3 aromatic rings. The molecule has 0 atom stereocenters. The maximum atomic E-state index is 12.1. The number of hydrogen-bond donors (Lipinski definition) is 1. The Morgan fingerprint density at radius 1 is 1.12 bits per heavy atom. The molecule has 1 heterocycles. The molecule has 2 aromatic carbocycles. The summed E-state index contributed by atoms with van der Waals surface area (Å²) in [6, 6.07) is 12.7. The predicted octanol–water partition coefficient (Wildman–Crippen LogP) is 3.59. The van der Waals surface area contributed by atoms with E-state index in [1.807, 2.05) is 31.2 Å². The van der Waals surface area contributed by atoms with Gasteiger partial charge in [0, 0.05) is 5.56 Å². The third kappa shape index (κ3) is 3.55. The first-order valence-corrected chi connectivity index (χ1v) is 7.88. The smallest absolute Gasteiger partial charge is 0.248 e. The van der Waals surface area contributed by atoms with Crippen LogP contribution in [0, 0.1) is 6.92 Å². The number of halogens is 2. The summed E-state index contributed by atoms with van der Waals surface area (Å²) < 4.78 is 0. The van der Waals surface area contributed by atoms with Crippen molar-refractivity contribution in [2.75, 3.05) is 5.32 Å². The molecule has 8 heteroatoms. The van der Waals surface area contributed by atoms with Crippen LogP contribution in [-0.4, -0.2) is 26.1 Å². The number of nitrogens with one attached hydrogen (secondary N) is 1. The van der Waals surface area contributed by atoms with E-state index in [2.05, 4.69) is 20.7 Å². The third-order valence-corrected chi connectivity index (χ3v) is 3.98. The SMILES string of the molecule is Cc1ccccc1-c1nnn(CC(=O)Nc2c(Cl)cccc2Cl)n1. The third-order valence-electron chi connectivity index (χ3n) is 3.35. The quantitative estimate of drug-likeness (QED) is 0.770. The Labute approximate surface area is 148 Å². The first-order chi connectivity index (χ1) is 11.5. The molecule has 0 aliphatic carbocycles. The number of carbonyl (C=O) groups is 1. The van der Waals surface area contributed by atoms with Crippen LogP contribution >= 0.6 is 23.2 Å². The summed E-state index contributed by atoms with van der Waals surface area (Å²) in [7, 11) is 0. The highest BCUT2D eigenvalue weighted by molar-refractivity contribution is 6.39. The van der Waals surface area contributed by atoms with E-state index in [9.17, 15) is 4.79 Å². The molecular weight excluding hydrogens is 349 g/mol. The lowest BCUT2D eigenvalue weighted by Crippen LogP contribution is -2.20. The lowest BCUT2D eigenvalue weighted by molar-refractivity contribution is -0.117. The molecule has 0 aliphatic heterocycles. The van der Waals surface area contributed by atoms with Gasteiger partial charge in [-0.05, 0) is 29.8 Å². The molecule has 0 fully saturated rings. The Hall–Kier alpha value is -2.44. The average molecular weight is 362 g/mol. The number of amides is 1. The van der Waals surface area contributed by atoms with E-state index in [4.69, 9.17) is 23.2 Å². The molecule has 3 rings (SSSR count). The second kappa shape index (κ2) is 6.98. The average Bonchev–Trinajstić information content (AvgIpc) is 3.00. The van der Waals surface area contributed by atoms with Crippen molar-refractivity contribution in [3.05, 3.63) is 58.1 Å². The molecule has 0 radical (unpaired) electrons. The van der Waals surface area contributed by atoms with Gasteiger partial charge in [0.05, 0.1) is 15.7 Å². The van der Waals surface area contributed by atoms with Gasteiger partial charge in [0.15, 0.2) is 0 Å². The van der Waals surface area contributed by atoms with Gasteiger partial charge in [-0.1, -0.05) is 53.5 Å². The zero-order valence-electron chi connectivity index (χ0n) is 12.7. The van der Waals surface area contributed by atoms with E-state index in [1.165, 1.54) is 4.80 Å². The van der Waals surface area contributed by atoms with Gasteiger partial charge in [-0.3, -0.25) is 4.79 Å². The summed E-state index contributed by atoms with van der Waals surface area (Å²) >= 11 is 12.1. The summed E-state index contributed by atoms with van der Waals surface area (Å²) in [5.74, 6) is 0.121. The molecule has 122 valence electrons. The highest BCUT2D eigenvalue weighted by Crippen LogP contribution is 2.29. The molecule has 1 N–H and O–H groups in total. The zero-order valence-corrected chi connectivity index (χ0v) is 14.2. The van der Waals surface area contributed by atoms with E-state index in [1.54, 1.807) is 18.2 Å². The van der Waals surface area contributed by atoms with Crippen molar-refractivity contribution in [3.8, 4) is 11.4 Å². The van der Waals surface area contributed by atoms with Crippen molar-refractivity contribution in [1.29, 1.82) is 0 Å². The maximum absolute atomic E-state index is 12.1. The van der Waals surface area contributed by atoms with Crippen LogP contribution in [0.5, 0.6) is 0 Å². The largest absolute Gasteiger partial charge is 0.322 e. The Morgan fingerprint density at radius 3 is 2.54 bits per heavy atom. The fourth-order valence-corrected chi connectivity index (χ4v) is 2.66. The van der Waals surface area contributed by atoms with Gasteiger partial charge in [-0.25, -0.2) is 0 Å². The number of carbonyl (C=O) groups excluding carboxylic acids is 1. The van der Waals surface area contributed by atoms with Crippen LogP contribution in [0.15, 0.2) is 42.5 Å². The van der Waals surface area contributed by atoms with Crippen LogP contribution < -0.4 is 5.32 Å². The molecule has 1 amide bonds. The van der Waals surface area contributed by atoms with Crippen molar-refractivity contribution in [2.24, 2.45) is 0 Å². The van der Waals surface area contributed by atoms with Crippen LogP contribution in [0.4, 0.5) is 5.69 Å². The van der Waals surface area contributed by atoms with E-state index in [-0.39, 0.29) is 12.5 Å². The predicted molar refractivity (Wildman–Crippen MR) is 93.1 cm³/mol. The lowest BCUT2D eigenvalue weighted by Gasteiger charge is -2.08. The molecule has 0 saturated carbocycles. The van der Waals surface area contributed by atoms with Crippen molar-refractivity contribution in [3.63, 3.8) is 0 Å². The summed E-state index contributed by atoms with van der Waals surface area (Å²) in [5, 5.41) is 15.5. The number of rotatable bonds is 4. The van der Waals surface area contributed by atoms with Gasteiger partial charge in [-0.15, -0.1) is 10.2 Å². The minimum atomic E-state index is -0.348. The van der Waals surface area contributed by atoms with Crippen LogP contribution in [0.3, 0.4) is 0 Å². The zero-order chi connectivity index (χ0) is 17.1. The molecule has 0 aliphatic rings. The Morgan fingerprint density at radius 2 is 1.83 bits per heavy atom. The fraction of sp³-hybridized carbons (Fsp3) is 0.125. The maximum Gasteiger partial charge on any atom is 0.248 e. The minimum Gasteiger partial charge on any atom is -0.322 e. The van der Waals surface area contributed by atoms with Crippen LogP contribution in [0.1, 0.15) is 5.56 Å². The second-order valence-electron chi connectivity index (χ2n) is 5.10. The molecule has 0 bridgehead atoms. The van der Waals surface area contributed by atoms with Gasteiger partial charge >= 0.3 is 0 Å². The van der Waals surface area contributed by atoms with E-state index < -0.39 is 0 Å². The number of hydrogen-bond acceptors (Lipinski definition) is 4. The summed E-state index contributed by atoms with van der Waals surface area (Å²) in [4.78, 5) is 13.4. The number of anilines is 1. The van der Waals surface area contributed by atoms with Gasteiger partial charge in [0.2, 0.25) is 11.7 Å². The molecule has 1 aromatic heterocycles. The highest BCUT2D eigenvalue weighted by atomic mass is 35.5. The first kappa shape index (κ1) is 16.4. The molecular formula is C16H13Cl2N5O. The monoisotopic (exact) mass is 361 g/mol. The van der Waals surface area contributed by atoms with Crippen LogP contribution in [-0.2, 0) is 11.3 Å². The first-order valence-electron chi connectivity index (χ1n) is 7.12. The fourth-order valence-electron chi connectivity index (χ4n) is 2.17. The molecule has 6 nitrogen and oxygen atoms in total. The van der Waals surface area contributed by atoms with E-state index >= 15 is 0 Å². The standard InChI is InChI=1S/C16H13Cl2N5O/c1-10-5-2-3-6-11(10)16-20-22-23(21-16)9-14(24)19-15-12(17)7-4-8-13(15)18/h2-8H,9H2,1H3,(H,19,24). The second-order valence-corrected chi connectivity index (χ2v) is 5.92.